The molecule has 0 bridgehead atoms. The third kappa shape index (κ3) is 5.72. The lowest BCUT2D eigenvalue weighted by atomic mass is 10.1. The largest absolute Gasteiger partial charge is 0.185 e. The first kappa shape index (κ1) is 8.84. The first-order valence-corrected chi connectivity index (χ1v) is 4.30. The summed E-state index contributed by atoms with van der Waals surface area (Å²) in [7, 11) is 0. The maximum absolute atomic E-state index is 8.16. The van der Waals surface area contributed by atoms with E-state index in [-0.39, 0.29) is 0 Å². The summed E-state index contributed by atoms with van der Waals surface area (Å²) in [5.41, 5.74) is 0. The van der Waals surface area contributed by atoms with Crippen molar-refractivity contribution in [2.75, 3.05) is 5.75 Å². The summed E-state index contributed by atoms with van der Waals surface area (Å²) in [5, 5.41) is 10.2. The Bertz CT molecular complexity index is 95.6. The Morgan fingerprint density at radius 3 is 2.78 bits per heavy atom. The first-order valence-electron chi connectivity index (χ1n) is 3.32. The van der Waals surface area contributed by atoms with E-state index in [1.807, 2.05) is 0 Å². The standard InChI is InChI=1S/C7H13NS/c1-3-7(2)4-5-9-6-8/h7H,3-5H2,1-2H3/t7-/m0/s1. The molecule has 0 aromatic heterocycles. The van der Waals surface area contributed by atoms with Crippen LogP contribution in [0.1, 0.15) is 26.7 Å². The van der Waals surface area contributed by atoms with Gasteiger partial charge in [-0.15, -0.1) is 0 Å². The van der Waals surface area contributed by atoms with Crippen molar-refractivity contribution in [3.05, 3.63) is 0 Å². The third-order valence-electron chi connectivity index (χ3n) is 1.47. The van der Waals surface area contributed by atoms with Crippen LogP contribution in [0, 0.1) is 16.6 Å². The fourth-order valence-corrected chi connectivity index (χ4v) is 1.12. The van der Waals surface area contributed by atoms with E-state index < -0.39 is 0 Å². The maximum Gasteiger partial charge on any atom is 0.133 e. The van der Waals surface area contributed by atoms with Crippen LogP contribution < -0.4 is 0 Å². The van der Waals surface area contributed by atoms with Gasteiger partial charge in [-0.2, -0.15) is 5.26 Å². The number of rotatable bonds is 4. The first-order chi connectivity index (χ1) is 4.31. The van der Waals surface area contributed by atoms with Gasteiger partial charge in [0.1, 0.15) is 5.40 Å². The van der Waals surface area contributed by atoms with Crippen LogP contribution in [0.5, 0.6) is 0 Å². The van der Waals surface area contributed by atoms with Gasteiger partial charge in [0.05, 0.1) is 0 Å². The minimum absolute atomic E-state index is 0.783. The molecule has 0 rings (SSSR count). The summed E-state index contributed by atoms with van der Waals surface area (Å²) in [5.74, 6) is 1.77. The minimum Gasteiger partial charge on any atom is -0.185 e. The summed E-state index contributed by atoms with van der Waals surface area (Å²) in [4.78, 5) is 0. The van der Waals surface area contributed by atoms with E-state index in [4.69, 9.17) is 5.26 Å². The molecule has 52 valence electrons. The molecule has 0 saturated heterocycles. The van der Waals surface area contributed by atoms with Gasteiger partial charge in [-0.25, -0.2) is 0 Å². The SMILES string of the molecule is CC[C@H](C)CCSC#N. The molecular formula is C7H13NS. The van der Waals surface area contributed by atoms with Gasteiger partial charge in [0.25, 0.3) is 0 Å². The molecule has 0 fully saturated rings. The molecule has 2 heteroatoms. The van der Waals surface area contributed by atoms with Crippen molar-refractivity contribution in [2.24, 2.45) is 5.92 Å². The van der Waals surface area contributed by atoms with Crippen LogP contribution in [-0.4, -0.2) is 5.75 Å². The molecule has 0 saturated carbocycles. The Morgan fingerprint density at radius 2 is 2.33 bits per heavy atom. The fourth-order valence-electron chi connectivity index (χ4n) is 0.510. The summed E-state index contributed by atoms with van der Waals surface area (Å²) < 4.78 is 0. The summed E-state index contributed by atoms with van der Waals surface area (Å²) in [6.45, 7) is 4.40. The molecule has 0 radical (unpaired) electrons. The maximum atomic E-state index is 8.16. The molecule has 0 N–H and O–H groups in total. The number of hydrogen-bond donors (Lipinski definition) is 0. The Morgan fingerprint density at radius 1 is 1.67 bits per heavy atom. The highest BCUT2D eigenvalue weighted by Gasteiger charge is 1.96. The van der Waals surface area contributed by atoms with Crippen molar-refractivity contribution < 1.29 is 0 Å². The van der Waals surface area contributed by atoms with Gasteiger partial charge in [-0.1, -0.05) is 20.3 Å². The van der Waals surface area contributed by atoms with Gasteiger partial charge in [0.2, 0.25) is 0 Å². The molecule has 0 spiro atoms. The average molecular weight is 143 g/mol. The number of thioether (sulfide) groups is 1. The van der Waals surface area contributed by atoms with Crippen LogP contribution in [0.3, 0.4) is 0 Å². The normalized spacial score (nSPS) is 12.6. The second kappa shape index (κ2) is 5.97. The molecule has 0 amide bonds. The van der Waals surface area contributed by atoms with Gasteiger partial charge in [-0.05, 0) is 24.1 Å². The average Bonchev–Trinajstić information content (AvgIpc) is 1.89. The highest BCUT2D eigenvalue weighted by molar-refractivity contribution is 8.03. The molecule has 9 heavy (non-hydrogen) atoms. The van der Waals surface area contributed by atoms with Crippen LogP contribution in [0.2, 0.25) is 0 Å². The lowest BCUT2D eigenvalue weighted by Crippen LogP contribution is -1.92. The summed E-state index contributed by atoms with van der Waals surface area (Å²) >= 11 is 1.36. The van der Waals surface area contributed by atoms with Gasteiger partial charge < -0.3 is 0 Å². The number of nitriles is 1. The molecular weight excluding hydrogens is 130 g/mol. The van der Waals surface area contributed by atoms with Gasteiger partial charge in [0, 0.05) is 5.75 Å². The predicted octanol–water partition coefficient (Wildman–Crippen LogP) is 2.64. The lowest BCUT2D eigenvalue weighted by molar-refractivity contribution is 0.549. The minimum atomic E-state index is 0.783. The van der Waals surface area contributed by atoms with E-state index in [2.05, 4.69) is 19.2 Å². The zero-order valence-corrected chi connectivity index (χ0v) is 6.87. The Labute approximate surface area is 61.4 Å². The molecule has 0 heterocycles. The molecule has 0 unspecified atom stereocenters. The zero-order valence-electron chi connectivity index (χ0n) is 6.05. The monoisotopic (exact) mass is 143 g/mol. The van der Waals surface area contributed by atoms with Crippen molar-refractivity contribution >= 4 is 11.8 Å². The topological polar surface area (TPSA) is 23.8 Å². The second-order valence-corrected chi connectivity index (χ2v) is 3.12. The van der Waals surface area contributed by atoms with Gasteiger partial charge in [-0.3, -0.25) is 0 Å². The van der Waals surface area contributed by atoms with Gasteiger partial charge >= 0.3 is 0 Å². The number of nitrogens with zero attached hydrogens (tertiary/aromatic N) is 1. The van der Waals surface area contributed by atoms with E-state index in [1.54, 1.807) is 0 Å². The van der Waals surface area contributed by atoms with Crippen LogP contribution >= 0.6 is 11.8 Å². The van der Waals surface area contributed by atoms with E-state index in [0.29, 0.717) is 0 Å². The molecule has 1 nitrogen and oxygen atoms in total. The quantitative estimate of drug-likeness (QED) is 0.446. The second-order valence-electron chi connectivity index (χ2n) is 2.24. The van der Waals surface area contributed by atoms with Gasteiger partial charge in [0.15, 0.2) is 0 Å². The Hall–Kier alpha value is -0.160. The predicted molar refractivity (Wildman–Crippen MR) is 42.1 cm³/mol. The van der Waals surface area contributed by atoms with E-state index in [9.17, 15) is 0 Å². The smallest absolute Gasteiger partial charge is 0.133 e. The molecule has 0 aliphatic carbocycles. The molecule has 0 aromatic rings. The molecule has 0 aliphatic heterocycles. The highest BCUT2D eigenvalue weighted by Crippen LogP contribution is 2.10. The van der Waals surface area contributed by atoms with Crippen LogP contribution in [0.4, 0.5) is 0 Å². The molecule has 0 aliphatic rings. The zero-order chi connectivity index (χ0) is 7.11. The van der Waals surface area contributed by atoms with Crippen LogP contribution in [0.15, 0.2) is 0 Å². The Kier molecular flexibility index (Phi) is 5.86. The van der Waals surface area contributed by atoms with Crippen molar-refractivity contribution in [1.82, 2.24) is 0 Å². The van der Waals surface area contributed by atoms with E-state index in [1.165, 1.54) is 24.6 Å². The van der Waals surface area contributed by atoms with Crippen LogP contribution in [0.25, 0.3) is 0 Å². The van der Waals surface area contributed by atoms with Crippen molar-refractivity contribution in [2.45, 2.75) is 26.7 Å². The number of hydrogen-bond acceptors (Lipinski definition) is 2. The van der Waals surface area contributed by atoms with Crippen molar-refractivity contribution in [3.63, 3.8) is 0 Å². The van der Waals surface area contributed by atoms with E-state index >= 15 is 0 Å². The Balaban J connectivity index is 2.99. The molecule has 1 atom stereocenters. The summed E-state index contributed by atoms with van der Waals surface area (Å²) in [6.07, 6.45) is 2.40. The summed E-state index contributed by atoms with van der Waals surface area (Å²) in [6, 6.07) is 0. The van der Waals surface area contributed by atoms with Crippen LogP contribution in [-0.2, 0) is 0 Å². The number of thiocyanates is 1. The lowest BCUT2D eigenvalue weighted by Gasteiger charge is -2.03. The fraction of sp³-hybridized carbons (Fsp3) is 0.857. The van der Waals surface area contributed by atoms with E-state index in [0.717, 1.165) is 11.7 Å². The van der Waals surface area contributed by atoms with Crippen molar-refractivity contribution in [1.29, 1.82) is 5.26 Å². The highest BCUT2D eigenvalue weighted by atomic mass is 32.2. The third-order valence-corrected chi connectivity index (χ3v) is 2.04. The van der Waals surface area contributed by atoms with Crippen molar-refractivity contribution in [3.8, 4) is 5.40 Å². The molecule has 0 aromatic carbocycles.